The maximum Gasteiger partial charge on any atom is 0.405 e. The summed E-state index contributed by atoms with van der Waals surface area (Å²) in [6.45, 7) is 17.7. The fourth-order valence-electron chi connectivity index (χ4n) is 7.15. The number of nitrogens with one attached hydrogen (secondary N) is 1. The highest BCUT2D eigenvalue weighted by atomic mass is 32.2. The third kappa shape index (κ3) is 15.1. The molecule has 2 fully saturated rings. The number of sulfonamides is 1. The van der Waals surface area contributed by atoms with Crippen molar-refractivity contribution in [2.75, 3.05) is 13.2 Å². The highest BCUT2D eigenvalue weighted by Gasteiger charge is 2.53. The topological polar surface area (TPSA) is 210 Å². The number of carbonyl (C=O) groups is 4. The van der Waals surface area contributed by atoms with Crippen LogP contribution >= 0.6 is 0 Å². The van der Waals surface area contributed by atoms with Crippen LogP contribution in [0.4, 0.5) is 13.6 Å². The van der Waals surface area contributed by atoms with Crippen molar-refractivity contribution in [2.24, 2.45) is 23.3 Å². The lowest BCUT2D eigenvalue weighted by atomic mass is 9.91. The summed E-state index contributed by atoms with van der Waals surface area (Å²) in [5.74, 6) is -1.90. The van der Waals surface area contributed by atoms with Gasteiger partial charge in [-0.05, 0) is 90.0 Å². The van der Waals surface area contributed by atoms with Gasteiger partial charge in [0.1, 0.15) is 17.9 Å². The van der Waals surface area contributed by atoms with E-state index >= 15 is 0 Å². The summed E-state index contributed by atoms with van der Waals surface area (Å²) < 4.78 is 66.1. The fraction of sp³-hybridized carbons (Fsp3) is 0.667. The van der Waals surface area contributed by atoms with Crippen LogP contribution in [0.1, 0.15) is 143 Å². The molecule has 3 heterocycles. The molecule has 2 aromatic rings. The molecule has 0 bridgehead atoms. The molecule has 4 amide bonds. The van der Waals surface area contributed by atoms with Gasteiger partial charge in [-0.2, -0.15) is 0 Å². The number of aromatic nitrogens is 1. The van der Waals surface area contributed by atoms with Gasteiger partial charge in [0, 0.05) is 41.2 Å². The monoisotopic (exact) mass is 902 g/mol. The lowest BCUT2D eigenvalue weighted by Crippen LogP contribution is -2.45. The van der Waals surface area contributed by atoms with Crippen LogP contribution in [0.3, 0.4) is 0 Å². The minimum atomic E-state index is -3.41. The molecule has 1 aliphatic carbocycles. The van der Waals surface area contributed by atoms with Crippen molar-refractivity contribution >= 4 is 44.6 Å². The zero-order valence-electron chi connectivity index (χ0n) is 38.4. The van der Waals surface area contributed by atoms with Crippen LogP contribution in [0.2, 0.25) is 0 Å². The van der Waals surface area contributed by atoms with Crippen molar-refractivity contribution in [3.05, 3.63) is 42.1 Å². The molecule has 0 radical (unpaired) electrons. The number of rotatable bonds is 16. The number of allylic oxidation sites excluding steroid dienone is 2. The number of carbonyl (C=O) groups excluding carboxylic acids is 4. The number of nitrogens with two attached hydrogens (primary N) is 2. The first-order valence-electron chi connectivity index (χ1n) is 21.8. The SMILES string of the molecule is C/C=C\CC[C@H](C)C[C@@H](C)CC(=O)N1C[C@H](Oc2nc3c(c4ccccc24)OCCC3)C[C@H]1C(N)=O.CC.CC(F)(F)C(C)(C)OC(N)=O.CCC(=O)NS(=O)(=O)C1(CC)CC1.[HH].[HH].[HH]. The number of fused-ring (bicyclic) bond motifs is 3. The van der Waals surface area contributed by atoms with E-state index in [-0.39, 0.29) is 28.6 Å². The first-order valence-corrected chi connectivity index (χ1v) is 23.3. The van der Waals surface area contributed by atoms with Gasteiger partial charge in [-0.15, -0.1) is 0 Å². The number of aryl methyl sites for hydroxylation is 1. The standard InChI is InChI=1S/C29H39N3O4.C8H15NO3S.C6H11F2NO2.C2H6.3H2/c1-4-5-6-10-19(2)15-20(3)16-26(33)32-18-21(17-25(32)28(30)34)36-29-23-12-8-7-11-22(23)27-24(31-29)13-9-14-35-27;1-3-7(10)9-13(11,12)8(4-2)5-6-8;1-5(2,6(3,7)8)11-4(9)10;1-2;;;/h4-5,7-8,11-12,19-21,25H,6,9-10,13-18H2,1-3H3,(H2,30,34);3-6H2,1-2H3,(H,9,10);1-3H3,(H2,9,10);1-2H3;3*1H/b5-4-;;;;;;/t19-,20+,21+,25-;;;;;;/m0....../s1. The Hall–Kier alpha value is -4.54. The lowest BCUT2D eigenvalue weighted by Gasteiger charge is -2.29. The average molecular weight is 902 g/mol. The number of hydrogen-bond acceptors (Lipinski definition) is 10. The third-order valence-corrected chi connectivity index (χ3v) is 13.6. The van der Waals surface area contributed by atoms with E-state index in [1.165, 1.54) is 0 Å². The molecule has 2 aliphatic heterocycles. The summed E-state index contributed by atoms with van der Waals surface area (Å²) in [6, 6.07) is 7.26. The van der Waals surface area contributed by atoms with E-state index in [1.807, 2.05) is 52.0 Å². The summed E-state index contributed by atoms with van der Waals surface area (Å²) in [5, 5.41) is 1.85. The largest absolute Gasteiger partial charge is 0.491 e. The summed E-state index contributed by atoms with van der Waals surface area (Å²) in [4.78, 5) is 53.0. The van der Waals surface area contributed by atoms with E-state index in [2.05, 4.69) is 41.2 Å². The molecule has 62 heavy (non-hydrogen) atoms. The van der Waals surface area contributed by atoms with Gasteiger partial charge in [0.15, 0.2) is 5.60 Å². The summed E-state index contributed by atoms with van der Waals surface area (Å²) >= 11 is 0. The Labute approximate surface area is 371 Å². The number of pyridine rings is 1. The number of nitrogens with zero attached hydrogens (tertiary/aromatic N) is 2. The number of alkyl halides is 2. The van der Waals surface area contributed by atoms with Crippen LogP contribution in [0.25, 0.3) is 10.8 Å². The Morgan fingerprint density at radius 3 is 2.23 bits per heavy atom. The van der Waals surface area contributed by atoms with Crippen LogP contribution in [-0.2, 0) is 35.6 Å². The molecule has 1 saturated carbocycles. The molecule has 5 rings (SSSR count). The van der Waals surface area contributed by atoms with E-state index in [9.17, 15) is 36.4 Å². The second-order valence-electron chi connectivity index (χ2n) is 16.7. The van der Waals surface area contributed by atoms with E-state index in [0.717, 1.165) is 68.2 Å². The van der Waals surface area contributed by atoms with Gasteiger partial charge in [0.2, 0.25) is 33.6 Å². The molecular weight excluding hydrogens is 825 g/mol. The summed E-state index contributed by atoms with van der Waals surface area (Å²) in [6.07, 6.45) is 10.5. The quantitative estimate of drug-likeness (QED) is 0.136. The second-order valence-corrected chi connectivity index (χ2v) is 18.7. The molecular formula is C45H77F2N5O9S. The fourth-order valence-corrected chi connectivity index (χ4v) is 8.83. The molecule has 1 saturated heterocycles. The number of benzene rings is 1. The molecule has 0 spiro atoms. The number of hydrogen-bond donors (Lipinski definition) is 3. The first-order chi connectivity index (χ1) is 29.0. The normalized spacial score (nSPS) is 18.8. The lowest BCUT2D eigenvalue weighted by molar-refractivity contribution is -0.148. The number of halogens is 2. The van der Waals surface area contributed by atoms with Crippen LogP contribution in [0.5, 0.6) is 11.6 Å². The van der Waals surface area contributed by atoms with E-state index in [1.54, 1.807) is 11.8 Å². The van der Waals surface area contributed by atoms with Crippen LogP contribution < -0.4 is 25.7 Å². The predicted molar refractivity (Wildman–Crippen MR) is 244 cm³/mol. The number of likely N-dealkylation sites (tertiary alicyclic amines) is 1. The Bertz CT molecular complexity index is 1970. The predicted octanol–water partition coefficient (Wildman–Crippen LogP) is 8.87. The van der Waals surface area contributed by atoms with Gasteiger partial charge in [-0.3, -0.25) is 19.1 Å². The van der Waals surface area contributed by atoms with Crippen LogP contribution in [0.15, 0.2) is 36.4 Å². The highest BCUT2D eigenvalue weighted by Crippen LogP contribution is 2.45. The van der Waals surface area contributed by atoms with Gasteiger partial charge in [0.25, 0.3) is 5.92 Å². The molecule has 3 aliphatic rings. The van der Waals surface area contributed by atoms with Gasteiger partial charge >= 0.3 is 6.09 Å². The van der Waals surface area contributed by atoms with Crippen molar-refractivity contribution in [1.29, 1.82) is 0 Å². The van der Waals surface area contributed by atoms with E-state index in [4.69, 9.17) is 20.2 Å². The average Bonchev–Trinajstić information content (AvgIpc) is 3.91. The molecule has 14 nitrogen and oxygen atoms in total. The van der Waals surface area contributed by atoms with Crippen molar-refractivity contribution in [3.8, 4) is 11.6 Å². The van der Waals surface area contributed by atoms with Gasteiger partial charge in [-0.25, -0.2) is 27.0 Å². The maximum atomic E-state index is 13.2. The molecule has 17 heteroatoms. The molecule has 1 aromatic carbocycles. The van der Waals surface area contributed by atoms with Crippen molar-refractivity contribution in [3.63, 3.8) is 0 Å². The minimum absolute atomic E-state index is 0. The van der Waals surface area contributed by atoms with Crippen LogP contribution in [-0.4, -0.2) is 83.7 Å². The Balaban J connectivity index is 0. The molecule has 356 valence electrons. The van der Waals surface area contributed by atoms with Crippen molar-refractivity contribution in [2.45, 2.75) is 168 Å². The molecule has 0 unspecified atom stereocenters. The van der Waals surface area contributed by atoms with Gasteiger partial charge < -0.3 is 30.6 Å². The minimum Gasteiger partial charge on any atom is -0.491 e. The maximum absolute atomic E-state index is 13.2. The number of primary amides is 2. The Kier molecular flexibility index (Phi) is 20.6. The number of ether oxygens (including phenoxy) is 3. The van der Waals surface area contributed by atoms with Crippen LogP contribution in [0, 0.1) is 11.8 Å². The summed E-state index contributed by atoms with van der Waals surface area (Å²) in [5.41, 5.74) is 9.34. The van der Waals surface area contributed by atoms with Gasteiger partial charge in [-0.1, -0.05) is 71.9 Å². The Morgan fingerprint density at radius 2 is 1.71 bits per heavy atom. The highest BCUT2D eigenvalue weighted by molar-refractivity contribution is 7.91. The molecule has 4 atom stereocenters. The molecule has 5 N–H and O–H groups in total. The van der Waals surface area contributed by atoms with E-state index in [0.29, 0.717) is 64.0 Å². The van der Waals surface area contributed by atoms with Crippen molar-refractivity contribution in [1.82, 2.24) is 14.6 Å². The smallest absolute Gasteiger partial charge is 0.405 e. The van der Waals surface area contributed by atoms with Gasteiger partial charge in [0.05, 0.1) is 23.6 Å². The Morgan fingerprint density at radius 1 is 1.08 bits per heavy atom. The first kappa shape index (κ1) is 53.6. The van der Waals surface area contributed by atoms with Crippen molar-refractivity contribution < 1.29 is 54.9 Å². The zero-order valence-corrected chi connectivity index (χ0v) is 39.2. The number of amides is 4. The van der Waals surface area contributed by atoms with E-state index < -0.39 is 50.2 Å². The summed E-state index contributed by atoms with van der Waals surface area (Å²) in [7, 11) is -3.41. The third-order valence-electron chi connectivity index (χ3n) is 11.3. The zero-order chi connectivity index (χ0) is 47.1. The molecule has 1 aromatic heterocycles. The second kappa shape index (κ2) is 23.8.